The van der Waals surface area contributed by atoms with Crippen LogP contribution in [0.15, 0.2) is 54.9 Å². The molecule has 0 saturated carbocycles. The van der Waals surface area contributed by atoms with Gasteiger partial charge in [-0.15, -0.1) is 11.3 Å². The van der Waals surface area contributed by atoms with E-state index in [0.29, 0.717) is 31.2 Å². The number of nitrogens with two attached hydrogens (primary N) is 1. The lowest BCUT2D eigenvalue weighted by atomic mass is 10.2. The fourth-order valence-corrected chi connectivity index (χ4v) is 4.51. The summed E-state index contributed by atoms with van der Waals surface area (Å²) in [5.41, 5.74) is 7.40. The Hall–Kier alpha value is -3.76. The summed E-state index contributed by atoms with van der Waals surface area (Å²) in [6.07, 6.45) is 2.98. The molecule has 1 amide bonds. The van der Waals surface area contributed by atoms with Crippen molar-refractivity contribution in [3.8, 4) is 22.1 Å². The van der Waals surface area contributed by atoms with E-state index < -0.39 is 17.5 Å². The van der Waals surface area contributed by atoms with Crippen molar-refractivity contribution in [2.24, 2.45) is 0 Å². The molecule has 8 nitrogen and oxygen atoms in total. The number of hydrogen-bond donors (Lipinski definition) is 1. The average Bonchev–Trinajstić information content (AvgIpc) is 3.29. The van der Waals surface area contributed by atoms with Crippen molar-refractivity contribution in [1.29, 1.82) is 0 Å². The molecule has 0 saturated heterocycles. The van der Waals surface area contributed by atoms with Crippen LogP contribution < -0.4 is 10.5 Å². The molecule has 3 aromatic heterocycles. The Balaban J connectivity index is 1.53. The van der Waals surface area contributed by atoms with E-state index in [-0.39, 0.29) is 5.69 Å². The Morgan fingerprint density at radius 1 is 1.14 bits per heavy atom. The molecule has 0 bridgehead atoms. The van der Waals surface area contributed by atoms with E-state index in [1.54, 1.807) is 36.5 Å². The maximum Gasteiger partial charge on any atom is 0.410 e. The minimum Gasteiger partial charge on any atom is -0.456 e. The van der Waals surface area contributed by atoms with E-state index in [1.165, 1.54) is 23.5 Å². The van der Waals surface area contributed by atoms with Crippen molar-refractivity contribution >= 4 is 33.3 Å². The van der Waals surface area contributed by atoms with Gasteiger partial charge in [0.25, 0.3) is 0 Å². The second kappa shape index (κ2) is 11.1. The highest BCUT2D eigenvalue weighted by molar-refractivity contribution is 7.22. The van der Waals surface area contributed by atoms with Crippen LogP contribution >= 0.6 is 11.3 Å². The molecule has 0 radical (unpaired) electrons. The maximum absolute atomic E-state index is 13.9. The molecular weight excluding hydrogens is 495 g/mol. The van der Waals surface area contributed by atoms with E-state index in [1.807, 2.05) is 39.0 Å². The van der Waals surface area contributed by atoms with Gasteiger partial charge in [-0.05, 0) is 50.6 Å². The lowest BCUT2D eigenvalue weighted by molar-refractivity contribution is 0.0184. The number of carbonyl (C=O) groups excluding carboxylic acids is 1. The van der Waals surface area contributed by atoms with Gasteiger partial charge < -0.3 is 24.8 Å². The van der Waals surface area contributed by atoms with Crippen LogP contribution in [-0.2, 0) is 16.0 Å². The molecule has 0 fully saturated rings. The number of halogens is 1. The van der Waals surface area contributed by atoms with Crippen molar-refractivity contribution < 1.29 is 23.4 Å². The van der Waals surface area contributed by atoms with Crippen LogP contribution in [0.5, 0.6) is 11.5 Å². The SMILES string of the molecule is COCCN(Cc1ccc(-c2cc3nccc(Oc4ccc(N)c(F)c4)c3s2)nc1)C(=O)OC(C)(C)C. The molecule has 0 aliphatic rings. The number of hydrogen-bond acceptors (Lipinski definition) is 8. The number of amides is 1. The number of aromatic nitrogens is 2. The van der Waals surface area contributed by atoms with Gasteiger partial charge in [0.2, 0.25) is 0 Å². The first-order valence-electron chi connectivity index (χ1n) is 11.7. The summed E-state index contributed by atoms with van der Waals surface area (Å²) in [5.74, 6) is 0.374. The van der Waals surface area contributed by atoms with Gasteiger partial charge in [-0.25, -0.2) is 9.18 Å². The standard InChI is InChI=1S/C27H29FN4O4S/c1-27(2,3)36-26(33)32(11-12-34-4)16-17-5-8-21(31-15-17)24-14-22-25(37-24)23(9-10-30-22)35-18-6-7-20(29)19(28)13-18/h5-10,13-15H,11-12,16,29H2,1-4H3. The Morgan fingerprint density at radius 3 is 2.62 bits per heavy atom. The zero-order chi connectivity index (χ0) is 26.6. The van der Waals surface area contributed by atoms with E-state index in [9.17, 15) is 9.18 Å². The van der Waals surface area contributed by atoms with Crippen LogP contribution in [0, 0.1) is 5.82 Å². The third-order valence-corrected chi connectivity index (χ3v) is 6.40. The summed E-state index contributed by atoms with van der Waals surface area (Å²) >= 11 is 1.48. The number of carbonyl (C=O) groups is 1. The third kappa shape index (κ3) is 6.72. The summed E-state index contributed by atoms with van der Waals surface area (Å²) in [7, 11) is 1.59. The summed E-state index contributed by atoms with van der Waals surface area (Å²) in [4.78, 5) is 24.2. The molecule has 0 aliphatic heterocycles. The molecule has 10 heteroatoms. The zero-order valence-electron chi connectivity index (χ0n) is 21.2. The summed E-state index contributed by atoms with van der Waals surface area (Å²) in [6, 6.07) is 11.8. The highest BCUT2D eigenvalue weighted by atomic mass is 32.1. The van der Waals surface area contributed by atoms with Gasteiger partial charge in [-0.3, -0.25) is 9.97 Å². The van der Waals surface area contributed by atoms with Crippen LogP contribution in [0.3, 0.4) is 0 Å². The Kier molecular flexibility index (Phi) is 7.89. The van der Waals surface area contributed by atoms with Crippen molar-refractivity contribution in [2.45, 2.75) is 32.9 Å². The first-order chi connectivity index (χ1) is 17.6. The lowest BCUT2D eigenvalue weighted by Gasteiger charge is -2.27. The minimum absolute atomic E-state index is 0.0630. The fraction of sp³-hybridized carbons (Fsp3) is 0.296. The van der Waals surface area contributed by atoms with Crippen molar-refractivity contribution in [1.82, 2.24) is 14.9 Å². The summed E-state index contributed by atoms with van der Waals surface area (Å²) in [5, 5.41) is 0. The van der Waals surface area contributed by atoms with Crippen LogP contribution in [0.4, 0.5) is 14.9 Å². The van der Waals surface area contributed by atoms with E-state index in [2.05, 4.69) is 9.97 Å². The fourth-order valence-electron chi connectivity index (χ4n) is 3.47. The maximum atomic E-state index is 13.9. The third-order valence-electron chi connectivity index (χ3n) is 5.24. The van der Waals surface area contributed by atoms with E-state index in [0.717, 1.165) is 26.4 Å². The minimum atomic E-state index is -0.593. The monoisotopic (exact) mass is 524 g/mol. The van der Waals surface area contributed by atoms with Crippen molar-refractivity contribution in [2.75, 3.05) is 26.0 Å². The highest BCUT2D eigenvalue weighted by Crippen LogP contribution is 2.38. The van der Waals surface area contributed by atoms with Gasteiger partial charge in [0, 0.05) is 38.2 Å². The molecule has 194 valence electrons. The topological polar surface area (TPSA) is 99.8 Å². The molecule has 4 aromatic rings. The summed E-state index contributed by atoms with van der Waals surface area (Å²) < 4.78 is 31.3. The van der Waals surface area contributed by atoms with Gasteiger partial charge in [0.15, 0.2) is 0 Å². The van der Waals surface area contributed by atoms with Crippen LogP contribution in [0.2, 0.25) is 0 Å². The van der Waals surface area contributed by atoms with Crippen molar-refractivity contribution in [3.63, 3.8) is 0 Å². The lowest BCUT2D eigenvalue weighted by Crippen LogP contribution is -2.38. The van der Waals surface area contributed by atoms with E-state index >= 15 is 0 Å². The number of nitrogens with zero attached hydrogens (tertiary/aromatic N) is 3. The number of ether oxygens (including phenoxy) is 3. The van der Waals surface area contributed by atoms with Gasteiger partial charge >= 0.3 is 6.09 Å². The number of pyridine rings is 2. The number of nitrogen functional groups attached to an aromatic ring is 1. The molecule has 3 heterocycles. The second-order valence-electron chi connectivity index (χ2n) is 9.37. The number of benzene rings is 1. The number of rotatable bonds is 8. The summed E-state index contributed by atoms with van der Waals surface area (Å²) in [6.45, 7) is 6.64. The second-order valence-corrected chi connectivity index (χ2v) is 10.4. The molecular formula is C27H29FN4O4S. The molecule has 0 atom stereocenters. The van der Waals surface area contributed by atoms with Crippen LogP contribution in [0.25, 0.3) is 20.8 Å². The van der Waals surface area contributed by atoms with Gasteiger partial charge in [0.1, 0.15) is 22.9 Å². The number of fused-ring (bicyclic) bond motifs is 1. The Bertz CT molecular complexity index is 1390. The first kappa shape index (κ1) is 26.3. The predicted octanol–water partition coefficient (Wildman–Crippen LogP) is 6.26. The zero-order valence-corrected chi connectivity index (χ0v) is 22.0. The van der Waals surface area contributed by atoms with E-state index in [4.69, 9.17) is 19.9 Å². The smallest absolute Gasteiger partial charge is 0.410 e. The molecule has 1 aromatic carbocycles. The van der Waals surface area contributed by atoms with Crippen LogP contribution in [-0.4, -0.2) is 46.8 Å². The quantitative estimate of drug-likeness (QED) is 0.272. The number of anilines is 1. The largest absolute Gasteiger partial charge is 0.456 e. The Labute approximate surface area is 218 Å². The van der Waals surface area contributed by atoms with Gasteiger partial charge in [-0.1, -0.05) is 6.07 Å². The molecule has 0 spiro atoms. The Morgan fingerprint density at radius 2 is 1.95 bits per heavy atom. The first-order valence-corrected chi connectivity index (χ1v) is 12.5. The average molecular weight is 525 g/mol. The number of methoxy groups -OCH3 is 1. The predicted molar refractivity (Wildman–Crippen MR) is 142 cm³/mol. The van der Waals surface area contributed by atoms with Gasteiger partial charge in [0.05, 0.1) is 39.6 Å². The number of thiophene rings is 1. The molecule has 2 N–H and O–H groups in total. The molecule has 0 unspecified atom stereocenters. The normalized spacial score (nSPS) is 11.5. The van der Waals surface area contributed by atoms with Crippen molar-refractivity contribution in [3.05, 3.63) is 66.2 Å². The molecule has 0 aliphatic carbocycles. The van der Waals surface area contributed by atoms with Crippen LogP contribution in [0.1, 0.15) is 26.3 Å². The van der Waals surface area contributed by atoms with Gasteiger partial charge in [-0.2, -0.15) is 0 Å². The highest BCUT2D eigenvalue weighted by Gasteiger charge is 2.22. The molecule has 4 rings (SSSR count). The molecule has 37 heavy (non-hydrogen) atoms.